The highest BCUT2D eigenvalue weighted by atomic mass is 16.5. The molecule has 26 heavy (non-hydrogen) atoms. The minimum Gasteiger partial charge on any atom is -0.490 e. The van der Waals surface area contributed by atoms with E-state index in [1.54, 1.807) is 18.4 Å². The van der Waals surface area contributed by atoms with Gasteiger partial charge in [0.15, 0.2) is 18.1 Å². The van der Waals surface area contributed by atoms with E-state index in [9.17, 15) is 4.79 Å². The van der Waals surface area contributed by atoms with Crippen LogP contribution in [0.5, 0.6) is 11.5 Å². The number of amides is 1. The minimum absolute atomic E-state index is 0.117. The summed E-state index contributed by atoms with van der Waals surface area (Å²) in [7, 11) is 0. The van der Waals surface area contributed by atoms with Gasteiger partial charge in [-0.1, -0.05) is 42.5 Å². The maximum absolute atomic E-state index is 12.4. The second-order valence-electron chi connectivity index (χ2n) is 5.60. The van der Waals surface area contributed by atoms with Crippen LogP contribution in [0.15, 0.2) is 77.4 Å². The Bertz CT molecular complexity index is 815. The molecule has 1 amide bonds. The average Bonchev–Trinajstić information content (AvgIpc) is 3.21. The van der Waals surface area contributed by atoms with Crippen LogP contribution in [0.1, 0.15) is 24.3 Å². The lowest BCUT2D eigenvalue weighted by Crippen LogP contribution is -2.33. The zero-order valence-electron chi connectivity index (χ0n) is 14.6. The van der Waals surface area contributed by atoms with Gasteiger partial charge < -0.3 is 19.2 Å². The Kier molecular flexibility index (Phi) is 5.93. The Morgan fingerprint density at radius 2 is 1.65 bits per heavy atom. The van der Waals surface area contributed by atoms with E-state index in [-0.39, 0.29) is 18.6 Å². The SMILES string of the molecule is CCOc1ccccc1OCC(=O)NC(c1ccccc1)c1ccco1. The molecule has 3 aromatic rings. The minimum atomic E-state index is -0.371. The number of para-hydroxylation sites is 2. The van der Waals surface area contributed by atoms with Crippen LogP contribution in [0.3, 0.4) is 0 Å². The van der Waals surface area contributed by atoms with Crippen molar-refractivity contribution < 1.29 is 18.7 Å². The van der Waals surface area contributed by atoms with Gasteiger partial charge in [-0.25, -0.2) is 0 Å². The van der Waals surface area contributed by atoms with Crippen LogP contribution in [0, 0.1) is 0 Å². The summed E-state index contributed by atoms with van der Waals surface area (Å²) >= 11 is 0. The van der Waals surface area contributed by atoms with Crippen molar-refractivity contribution in [3.8, 4) is 11.5 Å². The average molecular weight is 351 g/mol. The number of hydrogen-bond donors (Lipinski definition) is 1. The Morgan fingerprint density at radius 3 is 2.31 bits per heavy atom. The fourth-order valence-corrected chi connectivity index (χ4v) is 2.61. The highest BCUT2D eigenvalue weighted by Crippen LogP contribution is 2.26. The molecule has 2 aromatic carbocycles. The Labute approximate surface area is 152 Å². The largest absolute Gasteiger partial charge is 0.490 e. The molecule has 5 nitrogen and oxygen atoms in total. The lowest BCUT2D eigenvalue weighted by Gasteiger charge is -2.18. The molecule has 0 aliphatic carbocycles. The third-order valence-corrected chi connectivity index (χ3v) is 3.77. The summed E-state index contributed by atoms with van der Waals surface area (Å²) in [4.78, 5) is 12.4. The highest BCUT2D eigenvalue weighted by Gasteiger charge is 2.19. The molecule has 1 atom stereocenters. The molecule has 0 saturated heterocycles. The van der Waals surface area contributed by atoms with Crippen molar-refractivity contribution in [2.75, 3.05) is 13.2 Å². The van der Waals surface area contributed by atoms with Crippen molar-refractivity contribution in [1.82, 2.24) is 5.32 Å². The quantitative estimate of drug-likeness (QED) is 0.667. The van der Waals surface area contributed by atoms with Gasteiger partial charge in [0.1, 0.15) is 11.8 Å². The van der Waals surface area contributed by atoms with Gasteiger partial charge in [0.05, 0.1) is 12.9 Å². The van der Waals surface area contributed by atoms with Gasteiger partial charge >= 0.3 is 0 Å². The third-order valence-electron chi connectivity index (χ3n) is 3.77. The van der Waals surface area contributed by atoms with E-state index >= 15 is 0 Å². The molecule has 0 radical (unpaired) electrons. The zero-order chi connectivity index (χ0) is 18.2. The van der Waals surface area contributed by atoms with E-state index < -0.39 is 0 Å². The fourth-order valence-electron chi connectivity index (χ4n) is 2.61. The molecule has 1 unspecified atom stereocenters. The van der Waals surface area contributed by atoms with Gasteiger partial charge in [-0.3, -0.25) is 4.79 Å². The van der Waals surface area contributed by atoms with Gasteiger partial charge in [-0.15, -0.1) is 0 Å². The second kappa shape index (κ2) is 8.76. The van der Waals surface area contributed by atoms with E-state index in [0.717, 1.165) is 5.56 Å². The smallest absolute Gasteiger partial charge is 0.258 e. The summed E-state index contributed by atoms with van der Waals surface area (Å²) < 4.78 is 16.6. The summed E-state index contributed by atoms with van der Waals surface area (Å²) in [6, 6.07) is 20.2. The van der Waals surface area contributed by atoms with Crippen molar-refractivity contribution in [3.05, 3.63) is 84.3 Å². The summed E-state index contributed by atoms with van der Waals surface area (Å²) in [6.07, 6.45) is 1.59. The number of carbonyl (C=O) groups is 1. The van der Waals surface area contributed by atoms with Crippen LogP contribution in [0.25, 0.3) is 0 Å². The highest BCUT2D eigenvalue weighted by molar-refractivity contribution is 5.78. The lowest BCUT2D eigenvalue weighted by atomic mass is 10.0. The molecule has 0 saturated carbocycles. The van der Waals surface area contributed by atoms with Crippen LogP contribution in [0.2, 0.25) is 0 Å². The van der Waals surface area contributed by atoms with Crippen LogP contribution >= 0.6 is 0 Å². The topological polar surface area (TPSA) is 60.7 Å². The predicted octanol–water partition coefficient (Wildman–Crippen LogP) is 3.96. The summed E-state index contributed by atoms with van der Waals surface area (Å²) in [5.41, 5.74) is 0.936. The Balaban J connectivity index is 1.67. The molecule has 1 heterocycles. The van der Waals surface area contributed by atoms with Crippen molar-refractivity contribution in [3.63, 3.8) is 0 Å². The molecule has 134 valence electrons. The molecule has 0 bridgehead atoms. The van der Waals surface area contributed by atoms with E-state index in [0.29, 0.717) is 23.9 Å². The summed E-state index contributed by atoms with van der Waals surface area (Å²) in [5.74, 6) is 1.58. The Morgan fingerprint density at radius 1 is 0.962 bits per heavy atom. The number of carbonyl (C=O) groups excluding carboxylic acids is 1. The molecule has 0 fully saturated rings. The predicted molar refractivity (Wildman–Crippen MR) is 98.2 cm³/mol. The van der Waals surface area contributed by atoms with E-state index in [1.807, 2.05) is 61.5 Å². The van der Waals surface area contributed by atoms with Crippen LogP contribution in [-0.4, -0.2) is 19.1 Å². The number of rotatable bonds is 8. The maximum Gasteiger partial charge on any atom is 0.258 e. The number of ether oxygens (including phenoxy) is 2. The Hall–Kier alpha value is -3.21. The van der Waals surface area contributed by atoms with E-state index in [2.05, 4.69) is 5.32 Å². The van der Waals surface area contributed by atoms with Crippen LogP contribution in [-0.2, 0) is 4.79 Å². The van der Waals surface area contributed by atoms with Crippen molar-refractivity contribution in [2.24, 2.45) is 0 Å². The van der Waals surface area contributed by atoms with E-state index in [1.165, 1.54) is 0 Å². The van der Waals surface area contributed by atoms with Crippen LogP contribution < -0.4 is 14.8 Å². The van der Waals surface area contributed by atoms with Crippen molar-refractivity contribution in [1.29, 1.82) is 0 Å². The van der Waals surface area contributed by atoms with Gasteiger partial charge in [0.2, 0.25) is 0 Å². The molecule has 1 N–H and O–H groups in total. The third kappa shape index (κ3) is 4.45. The van der Waals surface area contributed by atoms with Gasteiger partial charge in [0.25, 0.3) is 5.91 Å². The van der Waals surface area contributed by atoms with Gasteiger partial charge in [-0.2, -0.15) is 0 Å². The van der Waals surface area contributed by atoms with Gasteiger partial charge in [-0.05, 0) is 36.8 Å². The monoisotopic (exact) mass is 351 g/mol. The summed E-state index contributed by atoms with van der Waals surface area (Å²) in [6.45, 7) is 2.31. The molecule has 1 aromatic heterocycles. The molecule has 0 aliphatic rings. The molecule has 3 rings (SSSR count). The first-order chi connectivity index (χ1) is 12.8. The first-order valence-electron chi connectivity index (χ1n) is 8.50. The first-order valence-corrected chi connectivity index (χ1v) is 8.50. The molecular formula is C21H21NO4. The molecule has 0 spiro atoms. The number of furan rings is 1. The number of nitrogens with one attached hydrogen (secondary N) is 1. The zero-order valence-corrected chi connectivity index (χ0v) is 14.6. The first kappa shape index (κ1) is 17.6. The molecular weight excluding hydrogens is 330 g/mol. The van der Waals surface area contributed by atoms with Crippen molar-refractivity contribution >= 4 is 5.91 Å². The lowest BCUT2D eigenvalue weighted by molar-refractivity contribution is -0.123. The normalized spacial score (nSPS) is 11.6. The number of benzene rings is 2. The van der Waals surface area contributed by atoms with Crippen LogP contribution in [0.4, 0.5) is 0 Å². The summed E-state index contributed by atoms with van der Waals surface area (Å²) in [5, 5.41) is 2.96. The number of hydrogen-bond acceptors (Lipinski definition) is 4. The molecule has 0 aliphatic heterocycles. The maximum atomic E-state index is 12.4. The second-order valence-corrected chi connectivity index (χ2v) is 5.60. The fraction of sp³-hybridized carbons (Fsp3) is 0.190. The van der Waals surface area contributed by atoms with Crippen molar-refractivity contribution in [2.45, 2.75) is 13.0 Å². The standard InChI is InChI=1S/C21H21NO4/c1-2-24-17-11-6-7-12-18(17)26-15-20(23)22-21(19-13-8-14-25-19)16-9-4-3-5-10-16/h3-14,21H,2,15H2,1H3,(H,22,23). The molecule has 5 heteroatoms. The van der Waals surface area contributed by atoms with E-state index in [4.69, 9.17) is 13.9 Å². The van der Waals surface area contributed by atoms with Gasteiger partial charge in [0, 0.05) is 0 Å².